The lowest BCUT2D eigenvalue weighted by atomic mass is 10.2. The first-order chi connectivity index (χ1) is 9.32. The number of hydrogen-bond acceptors (Lipinski definition) is 5. The van der Waals surface area contributed by atoms with Crippen molar-refractivity contribution >= 4 is 27.3 Å². The minimum Gasteiger partial charge on any atom is -0.398 e. The Hall–Kier alpha value is -1.64. The third-order valence-corrected chi connectivity index (χ3v) is 5.08. The Morgan fingerprint density at radius 2 is 2.15 bits per heavy atom. The van der Waals surface area contributed by atoms with Crippen LogP contribution < -0.4 is 5.73 Å². The molecular weight excluding hydrogens is 302 g/mol. The van der Waals surface area contributed by atoms with E-state index in [1.54, 1.807) is 6.92 Å². The third kappa shape index (κ3) is 2.77. The molecule has 0 aliphatic carbocycles. The second kappa shape index (κ2) is 5.39. The van der Waals surface area contributed by atoms with Gasteiger partial charge in [0.25, 0.3) is 0 Å². The van der Waals surface area contributed by atoms with Crippen LogP contribution in [0, 0.1) is 6.92 Å². The number of anilines is 1. The van der Waals surface area contributed by atoms with Crippen LogP contribution in [0.4, 0.5) is 5.69 Å². The van der Waals surface area contributed by atoms with Crippen molar-refractivity contribution in [2.45, 2.75) is 18.4 Å². The van der Waals surface area contributed by atoms with E-state index in [0.717, 1.165) is 4.31 Å². The van der Waals surface area contributed by atoms with Gasteiger partial charge in [0.2, 0.25) is 10.0 Å². The zero-order valence-corrected chi connectivity index (χ0v) is 12.5. The fourth-order valence-electron chi connectivity index (χ4n) is 1.61. The van der Waals surface area contributed by atoms with Crippen molar-refractivity contribution in [2.75, 3.05) is 12.8 Å². The van der Waals surface area contributed by atoms with E-state index in [4.69, 9.17) is 17.3 Å². The SMILES string of the molecule is Cc1c(N)cc(S(=O)(=O)N(C)Cc2ncn[nH]2)cc1Cl. The van der Waals surface area contributed by atoms with Crippen molar-refractivity contribution in [3.63, 3.8) is 0 Å². The Morgan fingerprint density at radius 1 is 1.45 bits per heavy atom. The number of nitrogens with one attached hydrogen (secondary N) is 1. The number of nitrogen functional groups attached to an aromatic ring is 1. The average Bonchev–Trinajstić information content (AvgIpc) is 2.88. The highest BCUT2D eigenvalue weighted by Crippen LogP contribution is 2.27. The van der Waals surface area contributed by atoms with Crippen molar-refractivity contribution in [3.05, 3.63) is 34.9 Å². The van der Waals surface area contributed by atoms with Gasteiger partial charge in [-0.3, -0.25) is 5.10 Å². The molecule has 2 aromatic rings. The van der Waals surface area contributed by atoms with E-state index in [1.165, 1.54) is 25.5 Å². The third-order valence-electron chi connectivity index (χ3n) is 2.90. The van der Waals surface area contributed by atoms with E-state index in [9.17, 15) is 8.42 Å². The lowest BCUT2D eigenvalue weighted by molar-refractivity contribution is 0.457. The van der Waals surface area contributed by atoms with E-state index >= 15 is 0 Å². The molecule has 0 radical (unpaired) electrons. The summed E-state index contributed by atoms with van der Waals surface area (Å²) >= 11 is 5.98. The van der Waals surface area contributed by atoms with Gasteiger partial charge in [-0.2, -0.15) is 9.40 Å². The van der Waals surface area contributed by atoms with Gasteiger partial charge in [-0.1, -0.05) is 11.6 Å². The van der Waals surface area contributed by atoms with Crippen LogP contribution in [0.2, 0.25) is 5.02 Å². The minimum atomic E-state index is -3.70. The number of nitrogens with two attached hydrogens (primary N) is 1. The summed E-state index contributed by atoms with van der Waals surface area (Å²) in [6.45, 7) is 1.81. The van der Waals surface area contributed by atoms with E-state index in [1.807, 2.05) is 0 Å². The van der Waals surface area contributed by atoms with Crippen molar-refractivity contribution in [1.82, 2.24) is 19.5 Å². The van der Waals surface area contributed by atoms with Crippen molar-refractivity contribution in [3.8, 4) is 0 Å². The summed E-state index contributed by atoms with van der Waals surface area (Å²) in [6.07, 6.45) is 1.32. The highest BCUT2D eigenvalue weighted by Gasteiger charge is 2.23. The fraction of sp³-hybridized carbons (Fsp3) is 0.273. The number of halogens is 1. The standard InChI is InChI=1S/C11H14ClN5O2S/c1-7-9(12)3-8(4-10(7)13)20(18,19)17(2)5-11-14-6-15-16-11/h3-4,6H,5,13H2,1-2H3,(H,14,15,16). The number of aromatic nitrogens is 3. The van der Waals surface area contributed by atoms with Crippen LogP contribution in [0.3, 0.4) is 0 Å². The molecule has 0 fully saturated rings. The maximum absolute atomic E-state index is 12.4. The van der Waals surface area contributed by atoms with Gasteiger partial charge >= 0.3 is 0 Å². The highest BCUT2D eigenvalue weighted by molar-refractivity contribution is 7.89. The largest absolute Gasteiger partial charge is 0.398 e. The van der Waals surface area contributed by atoms with Crippen molar-refractivity contribution in [1.29, 1.82) is 0 Å². The first-order valence-electron chi connectivity index (χ1n) is 5.68. The zero-order valence-electron chi connectivity index (χ0n) is 11.0. The molecule has 0 atom stereocenters. The Morgan fingerprint density at radius 3 is 2.70 bits per heavy atom. The molecule has 2 rings (SSSR count). The normalized spacial score (nSPS) is 12.0. The smallest absolute Gasteiger partial charge is 0.243 e. The molecule has 0 aliphatic rings. The molecule has 0 amide bonds. The molecular formula is C11H14ClN5O2S. The predicted octanol–water partition coefficient (Wildman–Crippen LogP) is 1.17. The Labute approximate surface area is 121 Å². The fourth-order valence-corrected chi connectivity index (χ4v) is 3.09. The number of aromatic amines is 1. The molecule has 9 heteroatoms. The van der Waals surface area contributed by atoms with Gasteiger partial charge < -0.3 is 5.73 Å². The maximum atomic E-state index is 12.4. The first-order valence-corrected chi connectivity index (χ1v) is 7.50. The summed E-state index contributed by atoms with van der Waals surface area (Å²) < 4.78 is 26.0. The maximum Gasteiger partial charge on any atom is 0.243 e. The topological polar surface area (TPSA) is 105 Å². The molecule has 20 heavy (non-hydrogen) atoms. The average molecular weight is 316 g/mol. The number of rotatable bonds is 4. The molecule has 0 unspecified atom stereocenters. The van der Waals surface area contributed by atoms with Gasteiger partial charge in [-0.15, -0.1) is 0 Å². The molecule has 1 aromatic carbocycles. The molecule has 0 spiro atoms. The van der Waals surface area contributed by atoms with Crippen molar-refractivity contribution < 1.29 is 8.42 Å². The van der Waals surface area contributed by atoms with Gasteiger partial charge in [0.15, 0.2) is 0 Å². The number of sulfonamides is 1. The van der Waals surface area contributed by atoms with Gasteiger partial charge in [-0.25, -0.2) is 13.4 Å². The lowest BCUT2D eigenvalue weighted by Gasteiger charge is -2.17. The van der Waals surface area contributed by atoms with Crippen LogP contribution in [-0.2, 0) is 16.6 Å². The molecule has 0 bridgehead atoms. The minimum absolute atomic E-state index is 0.0487. The first kappa shape index (κ1) is 14.8. The van der Waals surface area contributed by atoms with E-state index < -0.39 is 10.0 Å². The van der Waals surface area contributed by atoms with Crippen LogP contribution in [0.25, 0.3) is 0 Å². The van der Waals surface area contributed by atoms with Crippen LogP contribution in [-0.4, -0.2) is 35.0 Å². The lowest BCUT2D eigenvalue weighted by Crippen LogP contribution is -2.27. The van der Waals surface area contributed by atoms with E-state index in [0.29, 0.717) is 22.1 Å². The molecule has 0 saturated carbocycles. The van der Waals surface area contributed by atoms with Gasteiger partial charge in [-0.05, 0) is 24.6 Å². The van der Waals surface area contributed by atoms with Gasteiger partial charge in [0, 0.05) is 17.8 Å². The Balaban J connectivity index is 2.35. The molecule has 0 aliphatic heterocycles. The van der Waals surface area contributed by atoms with E-state index in [-0.39, 0.29) is 11.4 Å². The van der Waals surface area contributed by atoms with Crippen LogP contribution in [0.5, 0.6) is 0 Å². The van der Waals surface area contributed by atoms with Gasteiger partial charge in [0.05, 0.1) is 11.4 Å². The quantitative estimate of drug-likeness (QED) is 0.824. The number of hydrogen-bond donors (Lipinski definition) is 2. The molecule has 1 aromatic heterocycles. The van der Waals surface area contributed by atoms with Crippen LogP contribution in [0.15, 0.2) is 23.4 Å². The Bertz CT molecular complexity index is 691. The summed E-state index contributed by atoms with van der Waals surface area (Å²) in [4.78, 5) is 3.94. The number of benzene rings is 1. The zero-order chi connectivity index (χ0) is 14.9. The molecule has 108 valence electrons. The highest BCUT2D eigenvalue weighted by atomic mass is 35.5. The second-order valence-electron chi connectivity index (χ2n) is 4.31. The van der Waals surface area contributed by atoms with Crippen molar-refractivity contribution in [2.24, 2.45) is 0 Å². The summed E-state index contributed by atoms with van der Waals surface area (Å²) in [5.41, 5.74) is 6.75. The number of nitrogens with zero attached hydrogens (tertiary/aromatic N) is 3. The van der Waals surface area contributed by atoms with Crippen LogP contribution >= 0.6 is 11.6 Å². The van der Waals surface area contributed by atoms with Gasteiger partial charge in [0.1, 0.15) is 12.2 Å². The Kier molecular flexibility index (Phi) is 3.98. The summed E-state index contributed by atoms with van der Waals surface area (Å²) in [5, 5.41) is 6.59. The molecule has 1 heterocycles. The van der Waals surface area contributed by atoms with E-state index in [2.05, 4.69) is 15.2 Å². The molecule has 3 N–H and O–H groups in total. The monoisotopic (exact) mass is 315 g/mol. The summed E-state index contributed by atoms with van der Waals surface area (Å²) in [7, 11) is -2.25. The second-order valence-corrected chi connectivity index (χ2v) is 6.76. The predicted molar refractivity (Wildman–Crippen MR) is 75.6 cm³/mol. The number of H-pyrrole nitrogens is 1. The van der Waals surface area contributed by atoms with Crippen LogP contribution in [0.1, 0.15) is 11.4 Å². The molecule has 0 saturated heterocycles. The summed E-state index contributed by atoms with van der Waals surface area (Å²) in [5.74, 6) is 0.447. The summed E-state index contributed by atoms with van der Waals surface area (Å²) in [6, 6.07) is 2.78. The molecule has 7 nitrogen and oxygen atoms in total.